The molecule has 2 heteroatoms. The predicted octanol–water partition coefficient (Wildman–Crippen LogP) is 5.26. The van der Waals surface area contributed by atoms with E-state index in [1.54, 1.807) is 0 Å². The van der Waals surface area contributed by atoms with Crippen LogP contribution in [0.2, 0.25) is 0 Å². The summed E-state index contributed by atoms with van der Waals surface area (Å²) in [6, 6.07) is 28.9. The molecule has 0 saturated heterocycles. The first-order valence-electron chi connectivity index (χ1n) is 9.55. The van der Waals surface area contributed by atoms with Gasteiger partial charge in [-0.25, -0.2) is 0 Å². The van der Waals surface area contributed by atoms with E-state index in [0.717, 1.165) is 8.97 Å². The predicted molar refractivity (Wildman–Crippen MR) is 119 cm³/mol. The molecule has 0 aliphatic carbocycles. The van der Waals surface area contributed by atoms with Crippen LogP contribution in [0.3, 0.4) is 0 Å². The summed E-state index contributed by atoms with van der Waals surface area (Å²) in [6.45, 7) is 0. The maximum atomic E-state index is 2.28. The van der Waals surface area contributed by atoms with Gasteiger partial charge in [0.2, 0.25) is 0 Å². The van der Waals surface area contributed by atoms with E-state index in [1.807, 2.05) is 0 Å². The van der Waals surface area contributed by atoms with Gasteiger partial charge in [0.05, 0.1) is 42.3 Å². The molecule has 0 aromatic heterocycles. The van der Waals surface area contributed by atoms with Crippen LogP contribution in [0.4, 0.5) is 11.4 Å². The highest BCUT2D eigenvalue weighted by atomic mass is 15.3. The largest absolute Gasteiger partial charge is 0.298 e. The zero-order valence-electron chi connectivity index (χ0n) is 17.5. The monoisotopic (exact) mass is 360 g/mol. The van der Waals surface area contributed by atoms with Crippen molar-refractivity contribution in [2.24, 2.45) is 0 Å². The Balaban J connectivity index is 2.05. The zero-order valence-corrected chi connectivity index (χ0v) is 17.5. The third-order valence-electron chi connectivity index (χ3n) is 5.13. The number of nitrogens with zero attached hydrogens (tertiary/aromatic N) is 2. The van der Waals surface area contributed by atoms with Crippen molar-refractivity contribution in [2.45, 2.75) is 5.92 Å². The van der Waals surface area contributed by atoms with Crippen LogP contribution in [0.1, 0.15) is 22.6 Å². The van der Waals surface area contributed by atoms with Gasteiger partial charge in [-0.1, -0.05) is 54.6 Å². The highest BCUT2D eigenvalue weighted by Crippen LogP contribution is 2.34. The average Bonchev–Trinajstić information content (AvgIpc) is 2.62. The molecule has 0 atom stereocenters. The Morgan fingerprint density at radius 3 is 1.11 bits per heavy atom. The van der Waals surface area contributed by atoms with E-state index in [0.29, 0.717) is 0 Å². The lowest BCUT2D eigenvalue weighted by Gasteiger charge is -2.26. The summed E-state index contributed by atoms with van der Waals surface area (Å²) >= 11 is 0. The molecule has 3 aromatic carbocycles. The second-order valence-corrected chi connectivity index (χ2v) is 9.05. The van der Waals surface area contributed by atoms with Crippen LogP contribution in [0, 0.1) is 0 Å². The van der Waals surface area contributed by atoms with Crippen LogP contribution >= 0.6 is 0 Å². The van der Waals surface area contributed by atoms with Crippen molar-refractivity contribution in [3.05, 3.63) is 95.6 Å². The van der Waals surface area contributed by atoms with Gasteiger partial charge in [0.1, 0.15) is 11.4 Å². The van der Waals surface area contributed by atoms with Gasteiger partial charge in [0.15, 0.2) is 0 Å². The Hall–Kier alpha value is -2.42. The number of hydrogen-bond donors (Lipinski definition) is 0. The van der Waals surface area contributed by atoms with Crippen LogP contribution in [0.25, 0.3) is 0 Å². The molecule has 0 aliphatic heterocycles. The summed E-state index contributed by atoms with van der Waals surface area (Å²) < 4.78 is 1.66. The van der Waals surface area contributed by atoms with Crippen LogP contribution < -0.4 is 8.97 Å². The molecular formula is C25H32N2+2. The van der Waals surface area contributed by atoms with Crippen molar-refractivity contribution < 1.29 is 0 Å². The summed E-state index contributed by atoms with van der Waals surface area (Å²) in [5.74, 6) is 0.245. The molecule has 0 radical (unpaired) electrons. The molecule has 0 bridgehead atoms. The molecule has 0 fully saturated rings. The first kappa shape index (κ1) is 19.3. The topological polar surface area (TPSA) is 0 Å². The fourth-order valence-corrected chi connectivity index (χ4v) is 3.45. The zero-order chi connectivity index (χ0) is 19.7. The Morgan fingerprint density at radius 1 is 0.444 bits per heavy atom. The van der Waals surface area contributed by atoms with Crippen molar-refractivity contribution in [1.82, 2.24) is 8.97 Å². The minimum atomic E-state index is 0.245. The Labute approximate surface area is 164 Å². The number of quaternary nitrogens is 2. The third kappa shape index (κ3) is 4.47. The van der Waals surface area contributed by atoms with Crippen molar-refractivity contribution >= 4 is 11.4 Å². The van der Waals surface area contributed by atoms with Crippen LogP contribution in [-0.4, -0.2) is 42.3 Å². The van der Waals surface area contributed by atoms with Gasteiger partial charge < -0.3 is 0 Å². The molecule has 0 unspecified atom stereocenters. The Bertz CT molecular complexity index is 807. The van der Waals surface area contributed by atoms with E-state index in [2.05, 4.69) is 121 Å². The van der Waals surface area contributed by atoms with E-state index in [4.69, 9.17) is 0 Å². The molecule has 0 aliphatic rings. The summed E-state index contributed by atoms with van der Waals surface area (Å²) in [7, 11) is 13.2. The Kier molecular flexibility index (Phi) is 5.23. The maximum Gasteiger partial charge on any atom is 0.132 e. The number of rotatable bonds is 5. The molecule has 0 spiro atoms. The van der Waals surface area contributed by atoms with Crippen LogP contribution in [-0.2, 0) is 0 Å². The molecular weight excluding hydrogens is 328 g/mol. The van der Waals surface area contributed by atoms with Crippen molar-refractivity contribution in [3.63, 3.8) is 0 Å². The van der Waals surface area contributed by atoms with Gasteiger partial charge in [0, 0.05) is 5.92 Å². The van der Waals surface area contributed by atoms with E-state index < -0.39 is 0 Å². The minimum absolute atomic E-state index is 0.245. The molecule has 0 amide bonds. The van der Waals surface area contributed by atoms with Crippen LogP contribution in [0.5, 0.6) is 0 Å². The maximum absolute atomic E-state index is 2.28. The molecule has 0 heterocycles. The van der Waals surface area contributed by atoms with Crippen molar-refractivity contribution in [1.29, 1.82) is 0 Å². The van der Waals surface area contributed by atoms with Gasteiger partial charge >= 0.3 is 0 Å². The highest BCUT2D eigenvalue weighted by molar-refractivity contribution is 5.51. The molecule has 3 aromatic rings. The van der Waals surface area contributed by atoms with Gasteiger partial charge in [-0.3, -0.25) is 8.97 Å². The van der Waals surface area contributed by atoms with Gasteiger partial charge in [0.25, 0.3) is 0 Å². The molecule has 3 rings (SSSR count). The summed E-state index contributed by atoms with van der Waals surface area (Å²) in [5, 5.41) is 0. The third-order valence-corrected chi connectivity index (χ3v) is 5.13. The number of hydrogen-bond acceptors (Lipinski definition) is 0. The van der Waals surface area contributed by atoms with Crippen molar-refractivity contribution in [3.8, 4) is 0 Å². The fraction of sp³-hybridized carbons (Fsp3) is 0.280. The lowest BCUT2D eigenvalue weighted by molar-refractivity contribution is 0.486. The average molecular weight is 361 g/mol. The molecule has 0 saturated carbocycles. The quantitative estimate of drug-likeness (QED) is 0.430. The van der Waals surface area contributed by atoms with E-state index in [1.165, 1.54) is 28.1 Å². The summed E-state index contributed by atoms with van der Waals surface area (Å²) in [4.78, 5) is 0. The van der Waals surface area contributed by atoms with Crippen molar-refractivity contribution in [2.75, 3.05) is 42.3 Å². The second-order valence-electron chi connectivity index (χ2n) is 9.05. The molecule has 2 nitrogen and oxygen atoms in total. The summed E-state index contributed by atoms with van der Waals surface area (Å²) in [6.07, 6.45) is 0. The second kappa shape index (κ2) is 7.30. The van der Waals surface area contributed by atoms with E-state index in [-0.39, 0.29) is 5.92 Å². The van der Waals surface area contributed by atoms with Gasteiger partial charge in [-0.2, -0.15) is 0 Å². The summed E-state index contributed by atoms with van der Waals surface area (Å²) in [5.41, 5.74) is 6.61. The Morgan fingerprint density at radius 2 is 0.778 bits per heavy atom. The molecule has 27 heavy (non-hydrogen) atoms. The molecule has 0 N–H and O–H groups in total. The van der Waals surface area contributed by atoms with E-state index >= 15 is 0 Å². The standard InChI is InChI=1S/C25H32N2/c1-26(2,3)23-16-12-21(13-17-23)25(20-10-8-7-9-11-20)22-14-18-24(19-15-22)27(4,5)6/h7-19,25H,1-6H3/q+2. The van der Waals surface area contributed by atoms with Crippen LogP contribution in [0.15, 0.2) is 78.9 Å². The van der Waals surface area contributed by atoms with Gasteiger partial charge in [-0.05, 0) is 41.0 Å². The van der Waals surface area contributed by atoms with Gasteiger partial charge in [-0.15, -0.1) is 0 Å². The minimum Gasteiger partial charge on any atom is -0.298 e. The fourth-order valence-electron chi connectivity index (χ4n) is 3.45. The first-order chi connectivity index (χ1) is 12.7. The molecule has 140 valence electrons. The number of benzene rings is 3. The SMILES string of the molecule is C[N+](C)(C)c1ccc(C(c2ccccc2)c2ccc([N+](C)(C)C)cc2)cc1. The first-order valence-corrected chi connectivity index (χ1v) is 9.55. The lowest BCUT2D eigenvalue weighted by Crippen LogP contribution is -2.34. The smallest absolute Gasteiger partial charge is 0.132 e. The lowest BCUT2D eigenvalue weighted by atomic mass is 9.85. The highest BCUT2D eigenvalue weighted by Gasteiger charge is 2.20. The normalized spacial score (nSPS) is 12.4. The van der Waals surface area contributed by atoms with E-state index in [9.17, 15) is 0 Å².